The van der Waals surface area contributed by atoms with E-state index < -0.39 is 12.1 Å². The lowest BCUT2D eigenvalue weighted by molar-refractivity contribution is -0.166. The van der Waals surface area contributed by atoms with E-state index in [1.54, 1.807) is 6.08 Å². The third-order valence-corrected chi connectivity index (χ3v) is 13.8. The number of carbonyl (C=O) groups is 3. The van der Waals surface area contributed by atoms with Gasteiger partial charge >= 0.3 is 17.9 Å². The van der Waals surface area contributed by atoms with Crippen molar-refractivity contribution in [2.75, 3.05) is 13.2 Å². The van der Waals surface area contributed by atoms with Crippen LogP contribution in [-0.2, 0) is 28.6 Å². The number of hydrogen-bond donors (Lipinski definition) is 0. The van der Waals surface area contributed by atoms with Crippen LogP contribution in [0, 0.1) is 0 Å². The molecular formula is C75H122O6. The quantitative estimate of drug-likeness (QED) is 0.0261. The van der Waals surface area contributed by atoms with Crippen molar-refractivity contribution in [3.05, 3.63) is 146 Å². The van der Waals surface area contributed by atoms with Crippen LogP contribution >= 0.6 is 0 Å². The Morgan fingerprint density at radius 1 is 0.272 bits per heavy atom. The Kier molecular flexibility index (Phi) is 63.9. The molecule has 1 unspecified atom stereocenters. The van der Waals surface area contributed by atoms with Gasteiger partial charge in [0.2, 0.25) is 0 Å². The fraction of sp³-hybridized carbons (Fsp3) is 0.640. The van der Waals surface area contributed by atoms with E-state index in [2.05, 4.69) is 154 Å². The first-order chi connectivity index (χ1) is 40.0. The highest BCUT2D eigenvalue weighted by atomic mass is 16.6. The summed E-state index contributed by atoms with van der Waals surface area (Å²) >= 11 is 0. The van der Waals surface area contributed by atoms with Crippen molar-refractivity contribution in [3.63, 3.8) is 0 Å². The third-order valence-electron chi connectivity index (χ3n) is 13.8. The summed E-state index contributed by atoms with van der Waals surface area (Å²) in [7, 11) is 0. The summed E-state index contributed by atoms with van der Waals surface area (Å²) in [6.45, 7) is 6.30. The Labute approximate surface area is 499 Å². The summed E-state index contributed by atoms with van der Waals surface area (Å²) in [5, 5.41) is 0. The van der Waals surface area contributed by atoms with Gasteiger partial charge in [-0.15, -0.1) is 0 Å². The van der Waals surface area contributed by atoms with E-state index in [1.165, 1.54) is 135 Å². The second-order valence-electron chi connectivity index (χ2n) is 21.6. The van der Waals surface area contributed by atoms with Gasteiger partial charge in [-0.1, -0.05) is 295 Å². The summed E-state index contributed by atoms with van der Waals surface area (Å²) in [5.41, 5.74) is 0. The summed E-state index contributed by atoms with van der Waals surface area (Å²) in [6, 6.07) is 0. The third kappa shape index (κ3) is 66.0. The van der Waals surface area contributed by atoms with Crippen molar-refractivity contribution in [3.8, 4) is 0 Å². The van der Waals surface area contributed by atoms with Crippen molar-refractivity contribution < 1.29 is 28.6 Å². The minimum Gasteiger partial charge on any atom is -0.462 e. The van der Waals surface area contributed by atoms with Crippen LogP contribution in [0.3, 0.4) is 0 Å². The van der Waals surface area contributed by atoms with E-state index in [0.717, 1.165) is 116 Å². The van der Waals surface area contributed by atoms with Crippen LogP contribution in [0.25, 0.3) is 0 Å². The molecule has 6 heteroatoms. The van der Waals surface area contributed by atoms with Gasteiger partial charge in [0.15, 0.2) is 6.10 Å². The zero-order valence-electron chi connectivity index (χ0n) is 52.5. The summed E-state index contributed by atoms with van der Waals surface area (Å²) < 4.78 is 16.8. The lowest BCUT2D eigenvalue weighted by atomic mass is 10.0. The van der Waals surface area contributed by atoms with E-state index in [9.17, 15) is 14.4 Å². The van der Waals surface area contributed by atoms with E-state index >= 15 is 0 Å². The molecule has 0 radical (unpaired) electrons. The van der Waals surface area contributed by atoms with Crippen LogP contribution in [0.15, 0.2) is 146 Å². The topological polar surface area (TPSA) is 78.9 Å². The summed E-state index contributed by atoms with van der Waals surface area (Å²) in [5.74, 6) is -1.05. The molecule has 0 amide bonds. The van der Waals surface area contributed by atoms with Crippen molar-refractivity contribution in [1.29, 1.82) is 0 Å². The molecule has 0 fully saturated rings. The van der Waals surface area contributed by atoms with Gasteiger partial charge in [-0.05, 0) is 122 Å². The van der Waals surface area contributed by atoms with Crippen LogP contribution < -0.4 is 0 Å². The Hall–Kier alpha value is -4.71. The maximum Gasteiger partial charge on any atom is 0.309 e. The second-order valence-corrected chi connectivity index (χ2v) is 21.6. The number of hydrogen-bond acceptors (Lipinski definition) is 6. The molecule has 0 aromatic rings. The van der Waals surface area contributed by atoms with E-state index in [4.69, 9.17) is 14.2 Å². The molecule has 0 heterocycles. The zero-order valence-corrected chi connectivity index (χ0v) is 52.5. The van der Waals surface area contributed by atoms with Crippen molar-refractivity contribution >= 4 is 17.9 Å². The van der Waals surface area contributed by atoms with Gasteiger partial charge in [0.1, 0.15) is 13.2 Å². The molecule has 0 aliphatic carbocycles. The zero-order chi connectivity index (χ0) is 58.5. The van der Waals surface area contributed by atoms with Gasteiger partial charge in [-0.25, -0.2) is 0 Å². The lowest BCUT2D eigenvalue weighted by Gasteiger charge is -2.18. The highest BCUT2D eigenvalue weighted by Crippen LogP contribution is 2.16. The molecule has 0 N–H and O–H groups in total. The standard InChI is InChI=1S/C75H122O6/c1-4-7-10-13-16-19-22-25-28-30-31-32-33-34-35-36-37-38-39-40-41-42-43-45-47-50-53-56-59-62-65-68-74(77)80-71-72(70-79-73(76)67-64-61-58-55-52-49-46-27-24-21-18-15-12-9-6-3)81-75(78)69-66-63-60-57-54-51-48-44-29-26-23-20-17-14-11-8-5-2/h7,9-10,12,16-21,25-29,31-32,34-35,46,52,55,61,64,72H,4-6,8,11,13-15,22-24,30,33,36-45,47-51,53-54,56-60,62-63,65-71H2,1-3H3/b10-7-,12-9-,19-16-,20-17-,21-18-,28-25-,29-26-,32-31-,35-34-,46-27-,55-52-,64-61-. The number of ether oxygens (including phenoxy) is 3. The van der Waals surface area contributed by atoms with Crippen molar-refractivity contribution in [2.24, 2.45) is 0 Å². The van der Waals surface area contributed by atoms with Crippen LogP contribution in [0.2, 0.25) is 0 Å². The number of allylic oxidation sites excluding steroid dienone is 23. The fourth-order valence-corrected chi connectivity index (χ4v) is 8.93. The molecule has 1 atom stereocenters. The maximum atomic E-state index is 12.9. The molecule has 0 bridgehead atoms. The summed E-state index contributed by atoms with van der Waals surface area (Å²) in [6.07, 6.45) is 97.5. The molecule has 0 spiro atoms. The first-order valence-corrected chi connectivity index (χ1v) is 33.3. The van der Waals surface area contributed by atoms with Gasteiger partial charge in [0, 0.05) is 12.8 Å². The Bertz CT molecular complexity index is 1760. The minimum atomic E-state index is -0.828. The van der Waals surface area contributed by atoms with Crippen molar-refractivity contribution in [2.45, 2.75) is 297 Å². The minimum absolute atomic E-state index is 0.114. The molecule has 0 rings (SSSR count). The van der Waals surface area contributed by atoms with E-state index in [-0.39, 0.29) is 31.6 Å². The Morgan fingerprint density at radius 3 is 0.864 bits per heavy atom. The number of rotatable bonds is 59. The van der Waals surface area contributed by atoms with Crippen LogP contribution in [0.5, 0.6) is 0 Å². The van der Waals surface area contributed by atoms with Crippen molar-refractivity contribution in [1.82, 2.24) is 0 Å². The molecule has 0 aliphatic rings. The molecular weight excluding hydrogens is 997 g/mol. The van der Waals surface area contributed by atoms with Gasteiger partial charge in [0.25, 0.3) is 0 Å². The first kappa shape index (κ1) is 76.3. The normalized spacial score (nSPS) is 13.1. The van der Waals surface area contributed by atoms with Gasteiger partial charge in [-0.3, -0.25) is 14.4 Å². The SMILES string of the molecule is CC/C=C\C/C=C\C/C=C\C/C=C\C/C=C\CCCCCCCCCCCCCCCCCC(=O)OCC(COC(=O)C/C=C\C/C=C\C/C=C\C/C=C\C/C=C\CC)OC(=O)CCCCCCCCC/C=C\C/C=C\CCCCC. The predicted molar refractivity (Wildman–Crippen MR) is 352 cm³/mol. The molecule has 0 aliphatic heterocycles. The molecule has 0 saturated heterocycles. The molecule has 0 saturated carbocycles. The second kappa shape index (κ2) is 67.8. The average Bonchev–Trinajstić information content (AvgIpc) is 3.47. The predicted octanol–water partition coefficient (Wildman–Crippen LogP) is 23.1. The number of unbranched alkanes of at least 4 members (excludes halogenated alkanes) is 25. The monoisotopic (exact) mass is 1120 g/mol. The lowest BCUT2D eigenvalue weighted by Crippen LogP contribution is -2.30. The van der Waals surface area contributed by atoms with Gasteiger partial charge in [0.05, 0.1) is 6.42 Å². The summed E-state index contributed by atoms with van der Waals surface area (Å²) in [4.78, 5) is 38.3. The van der Waals surface area contributed by atoms with Crippen LogP contribution in [-0.4, -0.2) is 37.2 Å². The number of esters is 3. The molecule has 0 aromatic heterocycles. The average molecular weight is 1120 g/mol. The largest absolute Gasteiger partial charge is 0.462 e. The van der Waals surface area contributed by atoms with Gasteiger partial charge in [-0.2, -0.15) is 0 Å². The first-order valence-electron chi connectivity index (χ1n) is 33.3. The van der Waals surface area contributed by atoms with Crippen LogP contribution in [0.1, 0.15) is 290 Å². The molecule has 0 aromatic carbocycles. The molecule has 6 nitrogen and oxygen atoms in total. The van der Waals surface area contributed by atoms with E-state index in [1.807, 2.05) is 6.08 Å². The highest BCUT2D eigenvalue weighted by molar-refractivity contribution is 5.72. The van der Waals surface area contributed by atoms with Gasteiger partial charge < -0.3 is 14.2 Å². The maximum absolute atomic E-state index is 12.9. The highest BCUT2D eigenvalue weighted by Gasteiger charge is 2.19. The molecule has 458 valence electrons. The smallest absolute Gasteiger partial charge is 0.309 e. The van der Waals surface area contributed by atoms with E-state index in [0.29, 0.717) is 12.8 Å². The Balaban J connectivity index is 4.33. The van der Waals surface area contributed by atoms with Crippen LogP contribution in [0.4, 0.5) is 0 Å². The molecule has 81 heavy (non-hydrogen) atoms. The fourth-order valence-electron chi connectivity index (χ4n) is 8.93. The Morgan fingerprint density at radius 2 is 0.531 bits per heavy atom. The number of carbonyl (C=O) groups excluding carboxylic acids is 3.